The van der Waals surface area contributed by atoms with Crippen molar-refractivity contribution in [3.05, 3.63) is 53.6 Å². The largest absolute Gasteiger partial charge is 0.446 e. The average molecular weight is 411 g/mol. The lowest BCUT2D eigenvalue weighted by Crippen LogP contribution is -2.56. The van der Waals surface area contributed by atoms with Gasteiger partial charge in [0.15, 0.2) is 0 Å². The van der Waals surface area contributed by atoms with Crippen LogP contribution in [0, 0.1) is 5.82 Å². The maximum atomic E-state index is 13.1. The van der Waals surface area contributed by atoms with Crippen LogP contribution in [-0.2, 0) is 26.1 Å². The maximum absolute atomic E-state index is 13.1. The van der Waals surface area contributed by atoms with Crippen LogP contribution >= 0.6 is 0 Å². The molecule has 1 N–H and O–H groups in total. The summed E-state index contributed by atoms with van der Waals surface area (Å²) in [4.78, 5) is 31.9. The zero-order valence-electron chi connectivity index (χ0n) is 16.4. The number of nitrogens with one attached hydrogen (secondary N) is 1. The van der Waals surface area contributed by atoms with Crippen molar-refractivity contribution in [1.29, 1.82) is 0 Å². The number of hydrogen-bond donors (Lipinski definition) is 1. The Morgan fingerprint density at radius 1 is 1.17 bits per heavy atom. The van der Waals surface area contributed by atoms with Gasteiger partial charge in [0.1, 0.15) is 17.3 Å². The summed E-state index contributed by atoms with van der Waals surface area (Å²) in [6.07, 6.45) is 3.08. The Kier molecular flexibility index (Phi) is 4.66. The molecule has 3 heterocycles. The van der Waals surface area contributed by atoms with Gasteiger partial charge in [-0.25, -0.2) is 9.18 Å². The van der Waals surface area contributed by atoms with Gasteiger partial charge in [-0.05, 0) is 62.1 Å². The van der Waals surface area contributed by atoms with Crippen molar-refractivity contribution < 1.29 is 23.5 Å². The van der Waals surface area contributed by atoms with Crippen LogP contribution in [0.25, 0.3) is 0 Å². The fourth-order valence-electron chi connectivity index (χ4n) is 3.78. The third kappa shape index (κ3) is 3.41. The molecule has 156 valence electrons. The van der Waals surface area contributed by atoms with Crippen LogP contribution in [0.5, 0.6) is 0 Å². The molecule has 2 fully saturated rings. The van der Waals surface area contributed by atoms with E-state index in [2.05, 4.69) is 5.32 Å². The standard InChI is InChI=1S/C22H22FN3O4/c23-14-3-5-15(6-4-14)24-20(27)22(12-29-13-22)19-10-9-18-17(25-19)2-1-11-26(18)21(28)30-16-7-8-16/h3-6,9-10,16H,1-2,7-8,11-13H2,(H,24,27). The van der Waals surface area contributed by atoms with Crippen LogP contribution in [0.1, 0.15) is 30.7 Å². The Labute approximate surface area is 173 Å². The van der Waals surface area contributed by atoms with Gasteiger partial charge in [-0.1, -0.05) is 0 Å². The number of aromatic nitrogens is 1. The first-order valence-corrected chi connectivity index (χ1v) is 10.2. The molecule has 0 bridgehead atoms. The van der Waals surface area contributed by atoms with Gasteiger partial charge in [-0.15, -0.1) is 0 Å². The lowest BCUT2D eigenvalue weighted by atomic mass is 9.80. The molecule has 0 spiro atoms. The number of fused-ring (bicyclic) bond motifs is 1. The SMILES string of the molecule is O=C(OC1CC1)N1CCCc2nc(C3(C(=O)Nc4ccc(F)cc4)COC3)ccc21. The number of nitrogens with zero attached hydrogens (tertiary/aromatic N) is 2. The van der Waals surface area contributed by atoms with Gasteiger partial charge in [0.05, 0.1) is 30.3 Å². The Bertz CT molecular complexity index is 986. The Morgan fingerprint density at radius 3 is 2.60 bits per heavy atom. The maximum Gasteiger partial charge on any atom is 0.414 e. The Hall–Kier alpha value is -3.00. The van der Waals surface area contributed by atoms with E-state index in [4.69, 9.17) is 14.5 Å². The normalized spacial score (nSPS) is 19.4. The molecule has 2 aliphatic heterocycles. The third-order valence-electron chi connectivity index (χ3n) is 5.77. The molecule has 30 heavy (non-hydrogen) atoms. The van der Waals surface area contributed by atoms with E-state index in [0.717, 1.165) is 37.1 Å². The van der Waals surface area contributed by atoms with Crippen LogP contribution in [0.4, 0.5) is 20.6 Å². The lowest BCUT2D eigenvalue weighted by molar-refractivity contribution is -0.140. The lowest BCUT2D eigenvalue weighted by Gasteiger charge is -2.40. The summed E-state index contributed by atoms with van der Waals surface area (Å²) in [6.45, 7) is 1.04. The van der Waals surface area contributed by atoms with E-state index >= 15 is 0 Å². The minimum absolute atomic E-state index is 0.0423. The first-order chi connectivity index (χ1) is 14.5. The molecule has 1 aromatic carbocycles. The van der Waals surface area contributed by atoms with Crippen molar-refractivity contribution in [3.8, 4) is 0 Å². The number of carbonyl (C=O) groups is 2. The van der Waals surface area contributed by atoms with Crippen LogP contribution in [0.2, 0.25) is 0 Å². The van der Waals surface area contributed by atoms with E-state index in [1.54, 1.807) is 11.0 Å². The molecule has 0 unspecified atom stereocenters. The number of hydrogen-bond acceptors (Lipinski definition) is 5. The Morgan fingerprint density at radius 2 is 1.93 bits per heavy atom. The van der Waals surface area contributed by atoms with Gasteiger partial charge in [0, 0.05) is 12.2 Å². The monoisotopic (exact) mass is 411 g/mol. The number of aryl methyl sites for hydroxylation is 1. The summed E-state index contributed by atoms with van der Waals surface area (Å²) in [5.74, 6) is -0.607. The van der Waals surface area contributed by atoms with Crippen LogP contribution < -0.4 is 10.2 Å². The van der Waals surface area contributed by atoms with Crippen LogP contribution in [0.3, 0.4) is 0 Å². The van der Waals surface area contributed by atoms with Gasteiger partial charge in [-0.2, -0.15) is 0 Å². The zero-order valence-corrected chi connectivity index (χ0v) is 16.4. The average Bonchev–Trinajstić information content (AvgIpc) is 3.52. The molecule has 0 radical (unpaired) electrons. The number of benzene rings is 1. The molecule has 7 nitrogen and oxygen atoms in total. The van der Waals surface area contributed by atoms with Crippen molar-refractivity contribution in [2.24, 2.45) is 0 Å². The predicted octanol–water partition coefficient (Wildman–Crippen LogP) is 3.18. The van der Waals surface area contributed by atoms with E-state index in [9.17, 15) is 14.0 Å². The second kappa shape index (κ2) is 7.36. The summed E-state index contributed by atoms with van der Waals surface area (Å²) in [5.41, 5.74) is 1.75. The highest BCUT2D eigenvalue weighted by molar-refractivity contribution is 6.00. The fraction of sp³-hybridized carbons (Fsp3) is 0.409. The predicted molar refractivity (Wildman–Crippen MR) is 107 cm³/mol. The third-order valence-corrected chi connectivity index (χ3v) is 5.77. The second-order valence-electron chi connectivity index (χ2n) is 8.04. The van der Waals surface area contributed by atoms with Crippen LogP contribution in [0.15, 0.2) is 36.4 Å². The van der Waals surface area contributed by atoms with Crippen molar-refractivity contribution in [2.75, 3.05) is 30.0 Å². The molecule has 3 aliphatic rings. The van der Waals surface area contributed by atoms with Gasteiger partial charge >= 0.3 is 6.09 Å². The number of anilines is 2. The minimum Gasteiger partial charge on any atom is -0.446 e. The first kappa shape index (κ1) is 19.0. The highest BCUT2D eigenvalue weighted by Crippen LogP contribution is 2.36. The number of ether oxygens (including phenoxy) is 2. The summed E-state index contributed by atoms with van der Waals surface area (Å²) < 4.78 is 24.0. The molecule has 2 aromatic rings. The van der Waals surface area contributed by atoms with Gasteiger partial charge in [0.25, 0.3) is 0 Å². The highest BCUT2D eigenvalue weighted by atomic mass is 19.1. The summed E-state index contributed by atoms with van der Waals surface area (Å²) in [6, 6.07) is 9.26. The smallest absolute Gasteiger partial charge is 0.414 e. The fourth-order valence-corrected chi connectivity index (χ4v) is 3.78. The van der Waals surface area contributed by atoms with Gasteiger partial charge < -0.3 is 14.8 Å². The molecule has 1 saturated heterocycles. The van der Waals surface area contributed by atoms with E-state index in [0.29, 0.717) is 17.9 Å². The minimum atomic E-state index is -0.903. The number of pyridine rings is 1. The second-order valence-corrected chi connectivity index (χ2v) is 8.04. The number of halogens is 1. The van der Waals surface area contributed by atoms with Crippen molar-refractivity contribution >= 4 is 23.4 Å². The number of amides is 2. The molecule has 2 amide bonds. The van der Waals surface area contributed by atoms with Crippen LogP contribution in [-0.4, -0.2) is 42.8 Å². The Balaban J connectivity index is 1.39. The van der Waals surface area contributed by atoms with E-state index in [-0.39, 0.29) is 37.1 Å². The molecular weight excluding hydrogens is 389 g/mol. The molecule has 1 aliphatic carbocycles. The summed E-state index contributed by atoms with van der Waals surface area (Å²) in [7, 11) is 0. The van der Waals surface area contributed by atoms with E-state index < -0.39 is 5.41 Å². The quantitative estimate of drug-likeness (QED) is 0.836. The van der Waals surface area contributed by atoms with E-state index in [1.165, 1.54) is 24.3 Å². The van der Waals surface area contributed by atoms with Gasteiger partial charge in [0.2, 0.25) is 5.91 Å². The molecule has 5 rings (SSSR count). The molecule has 8 heteroatoms. The zero-order chi connectivity index (χ0) is 20.7. The molecule has 0 atom stereocenters. The van der Waals surface area contributed by atoms with E-state index in [1.807, 2.05) is 6.07 Å². The number of rotatable bonds is 4. The van der Waals surface area contributed by atoms with Crippen molar-refractivity contribution in [2.45, 2.75) is 37.2 Å². The first-order valence-electron chi connectivity index (χ1n) is 10.2. The summed E-state index contributed by atoms with van der Waals surface area (Å²) in [5, 5.41) is 2.84. The highest BCUT2D eigenvalue weighted by Gasteiger charge is 2.49. The van der Waals surface area contributed by atoms with Gasteiger partial charge in [-0.3, -0.25) is 14.7 Å². The molecule has 1 saturated carbocycles. The number of carbonyl (C=O) groups excluding carboxylic acids is 2. The molecular formula is C22H22FN3O4. The summed E-state index contributed by atoms with van der Waals surface area (Å²) >= 11 is 0. The molecule has 1 aromatic heterocycles. The van der Waals surface area contributed by atoms with Crippen molar-refractivity contribution in [1.82, 2.24) is 4.98 Å². The topological polar surface area (TPSA) is 80.8 Å². The van der Waals surface area contributed by atoms with Crippen molar-refractivity contribution in [3.63, 3.8) is 0 Å².